The highest BCUT2D eigenvalue weighted by atomic mass is 35.5. The van der Waals surface area contributed by atoms with Gasteiger partial charge in [-0.25, -0.2) is 0 Å². The van der Waals surface area contributed by atoms with Gasteiger partial charge in [0.15, 0.2) is 0 Å². The monoisotopic (exact) mass is 345 g/mol. The van der Waals surface area contributed by atoms with Crippen molar-refractivity contribution in [1.82, 2.24) is 4.90 Å². The first kappa shape index (κ1) is 17.1. The van der Waals surface area contributed by atoms with Crippen molar-refractivity contribution in [2.24, 2.45) is 5.41 Å². The maximum absolute atomic E-state index is 12.6. The van der Waals surface area contributed by atoms with Crippen molar-refractivity contribution < 1.29 is 19.4 Å². The Morgan fingerprint density at radius 1 is 1.41 bits per heavy atom. The van der Waals surface area contributed by atoms with Gasteiger partial charge in [-0.1, -0.05) is 23.2 Å². The molecule has 1 amide bonds. The largest absolute Gasteiger partial charge is 0.481 e. The van der Waals surface area contributed by atoms with Crippen LogP contribution >= 0.6 is 23.2 Å². The van der Waals surface area contributed by atoms with E-state index >= 15 is 0 Å². The van der Waals surface area contributed by atoms with Crippen molar-refractivity contribution in [3.05, 3.63) is 33.8 Å². The average Bonchev–Trinajstić information content (AvgIpc) is 2.47. The Morgan fingerprint density at radius 2 is 2.14 bits per heavy atom. The van der Waals surface area contributed by atoms with Gasteiger partial charge < -0.3 is 14.7 Å². The van der Waals surface area contributed by atoms with Crippen LogP contribution in [0.5, 0.6) is 0 Å². The number of rotatable bonds is 4. The fourth-order valence-corrected chi connectivity index (χ4v) is 3.26. The molecule has 1 aromatic carbocycles. The zero-order valence-electron chi connectivity index (χ0n) is 12.1. The van der Waals surface area contributed by atoms with Gasteiger partial charge in [-0.2, -0.15) is 0 Å². The van der Waals surface area contributed by atoms with E-state index < -0.39 is 11.4 Å². The van der Waals surface area contributed by atoms with Crippen LogP contribution in [-0.4, -0.2) is 48.7 Å². The number of methoxy groups -OCH3 is 1. The maximum atomic E-state index is 12.6. The van der Waals surface area contributed by atoms with Gasteiger partial charge in [0.2, 0.25) is 0 Å². The van der Waals surface area contributed by atoms with Gasteiger partial charge in [-0.3, -0.25) is 9.59 Å². The summed E-state index contributed by atoms with van der Waals surface area (Å²) in [5.41, 5.74) is -0.744. The molecule has 1 aliphatic rings. The second kappa shape index (κ2) is 6.86. The topological polar surface area (TPSA) is 66.8 Å². The van der Waals surface area contributed by atoms with Gasteiger partial charge >= 0.3 is 5.97 Å². The fourth-order valence-electron chi connectivity index (χ4n) is 2.77. The molecule has 1 unspecified atom stereocenters. The lowest BCUT2D eigenvalue weighted by Crippen LogP contribution is -2.52. The second-order valence-electron chi connectivity index (χ2n) is 5.47. The summed E-state index contributed by atoms with van der Waals surface area (Å²) in [7, 11) is 1.46. The molecule has 0 aliphatic carbocycles. The molecule has 1 aliphatic heterocycles. The number of likely N-dealkylation sites (tertiary alicyclic amines) is 1. The van der Waals surface area contributed by atoms with E-state index in [2.05, 4.69) is 0 Å². The number of benzene rings is 1. The first-order valence-electron chi connectivity index (χ1n) is 6.86. The van der Waals surface area contributed by atoms with Crippen molar-refractivity contribution in [1.29, 1.82) is 0 Å². The van der Waals surface area contributed by atoms with Crippen LogP contribution in [0.2, 0.25) is 10.0 Å². The third kappa shape index (κ3) is 3.37. The summed E-state index contributed by atoms with van der Waals surface area (Å²) in [6.45, 7) is 0.672. The van der Waals surface area contributed by atoms with Crippen LogP contribution in [0.25, 0.3) is 0 Å². The maximum Gasteiger partial charge on any atom is 0.313 e. The molecular weight excluding hydrogens is 329 g/mol. The summed E-state index contributed by atoms with van der Waals surface area (Å²) in [5.74, 6) is -1.24. The number of carbonyl (C=O) groups excluding carboxylic acids is 1. The van der Waals surface area contributed by atoms with Crippen LogP contribution < -0.4 is 0 Å². The van der Waals surface area contributed by atoms with Crippen molar-refractivity contribution in [2.75, 3.05) is 26.8 Å². The Kier molecular flexibility index (Phi) is 5.32. The lowest BCUT2D eigenvalue weighted by Gasteiger charge is -2.39. The quantitative estimate of drug-likeness (QED) is 0.910. The highest BCUT2D eigenvalue weighted by Gasteiger charge is 2.44. The summed E-state index contributed by atoms with van der Waals surface area (Å²) in [6.07, 6.45) is 1.08. The van der Waals surface area contributed by atoms with E-state index in [1.54, 1.807) is 12.1 Å². The van der Waals surface area contributed by atoms with E-state index in [0.717, 1.165) is 0 Å². The Bertz CT molecular complexity index is 589. The van der Waals surface area contributed by atoms with Crippen LogP contribution in [0.1, 0.15) is 23.2 Å². The molecule has 22 heavy (non-hydrogen) atoms. The molecule has 1 heterocycles. The number of ether oxygens (including phenoxy) is 1. The first-order chi connectivity index (χ1) is 10.4. The summed E-state index contributed by atoms with van der Waals surface area (Å²) in [4.78, 5) is 25.8. The van der Waals surface area contributed by atoms with Crippen LogP contribution in [0.15, 0.2) is 18.2 Å². The Morgan fingerprint density at radius 3 is 2.73 bits per heavy atom. The Labute approximate surface area is 138 Å². The minimum atomic E-state index is -1.07. The average molecular weight is 346 g/mol. The van der Waals surface area contributed by atoms with E-state index in [-0.39, 0.29) is 24.1 Å². The number of amides is 1. The minimum Gasteiger partial charge on any atom is -0.481 e. The number of carbonyl (C=O) groups is 2. The number of piperidine rings is 1. The molecular formula is C15H17Cl2NO4. The van der Waals surface area contributed by atoms with Gasteiger partial charge in [0.1, 0.15) is 5.41 Å². The number of halogens is 2. The molecule has 0 bridgehead atoms. The summed E-state index contributed by atoms with van der Waals surface area (Å²) < 4.78 is 5.06. The molecule has 2 rings (SSSR count). The van der Waals surface area contributed by atoms with Crippen LogP contribution in [0.4, 0.5) is 0 Å². The van der Waals surface area contributed by atoms with Gasteiger partial charge in [0.25, 0.3) is 5.91 Å². The van der Waals surface area contributed by atoms with Crippen molar-refractivity contribution >= 4 is 35.1 Å². The van der Waals surface area contributed by atoms with Gasteiger partial charge in [-0.05, 0) is 31.0 Å². The lowest BCUT2D eigenvalue weighted by atomic mass is 9.80. The number of carboxylic acids is 1. The predicted octanol–water partition coefficient (Wildman–Crippen LogP) is 2.95. The zero-order chi connectivity index (χ0) is 16.3. The van der Waals surface area contributed by atoms with Crippen molar-refractivity contribution in [3.63, 3.8) is 0 Å². The van der Waals surface area contributed by atoms with E-state index in [1.165, 1.54) is 18.1 Å². The molecule has 0 aromatic heterocycles. The number of nitrogens with zero attached hydrogens (tertiary/aromatic N) is 1. The number of hydrogen-bond donors (Lipinski definition) is 1. The lowest BCUT2D eigenvalue weighted by molar-refractivity contribution is -0.155. The van der Waals surface area contributed by atoms with Crippen LogP contribution in [-0.2, 0) is 9.53 Å². The van der Waals surface area contributed by atoms with Crippen molar-refractivity contribution in [3.8, 4) is 0 Å². The molecule has 1 atom stereocenters. The molecule has 1 aromatic rings. The van der Waals surface area contributed by atoms with Gasteiger partial charge in [0, 0.05) is 25.2 Å². The van der Waals surface area contributed by atoms with E-state index in [4.69, 9.17) is 27.9 Å². The SMILES string of the molecule is COCC1(C(=O)O)CCCN(C(=O)c2ccc(Cl)cc2Cl)C1. The predicted molar refractivity (Wildman–Crippen MR) is 83.5 cm³/mol. The van der Waals surface area contributed by atoms with Crippen molar-refractivity contribution in [2.45, 2.75) is 12.8 Å². The molecule has 5 nitrogen and oxygen atoms in total. The molecule has 1 saturated heterocycles. The number of hydrogen-bond acceptors (Lipinski definition) is 3. The fraction of sp³-hybridized carbons (Fsp3) is 0.467. The third-order valence-electron chi connectivity index (χ3n) is 3.90. The smallest absolute Gasteiger partial charge is 0.313 e. The summed E-state index contributed by atoms with van der Waals surface area (Å²) in [5, 5.41) is 10.2. The minimum absolute atomic E-state index is 0.0699. The normalized spacial score (nSPS) is 21.7. The number of carboxylic acid groups (broad SMARTS) is 1. The summed E-state index contributed by atoms with van der Waals surface area (Å²) in [6, 6.07) is 4.64. The van der Waals surface area contributed by atoms with Crippen LogP contribution in [0, 0.1) is 5.41 Å². The van der Waals surface area contributed by atoms with Gasteiger partial charge in [0.05, 0.1) is 17.2 Å². The van der Waals surface area contributed by atoms with E-state index in [1.807, 2.05) is 0 Å². The molecule has 1 N–H and O–H groups in total. The Balaban J connectivity index is 2.24. The first-order valence-corrected chi connectivity index (χ1v) is 7.62. The molecule has 1 fully saturated rings. The van der Waals surface area contributed by atoms with E-state index in [0.29, 0.717) is 30.0 Å². The van der Waals surface area contributed by atoms with Gasteiger partial charge in [-0.15, -0.1) is 0 Å². The van der Waals surface area contributed by atoms with Crippen LogP contribution in [0.3, 0.4) is 0 Å². The molecule has 0 spiro atoms. The van der Waals surface area contributed by atoms with E-state index in [9.17, 15) is 14.7 Å². The third-order valence-corrected chi connectivity index (χ3v) is 4.45. The molecule has 120 valence electrons. The Hall–Kier alpha value is -1.30. The standard InChI is InChI=1S/C15H17Cl2NO4/c1-22-9-15(14(20)21)5-2-6-18(8-15)13(19)11-4-3-10(16)7-12(11)17/h3-4,7H,2,5-6,8-9H2,1H3,(H,20,21). The highest BCUT2D eigenvalue weighted by Crippen LogP contribution is 2.32. The number of aliphatic carboxylic acids is 1. The second-order valence-corrected chi connectivity index (χ2v) is 6.32. The molecule has 0 radical (unpaired) electrons. The highest BCUT2D eigenvalue weighted by molar-refractivity contribution is 6.36. The summed E-state index contributed by atoms with van der Waals surface area (Å²) >= 11 is 11.9. The molecule has 0 saturated carbocycles. The molecule has 7 heteroatoms. The zero-order valence-corrected chi connectivity index (χ0v) is 13.7.